The molecule has 0 saturated carbocycles. The van der Waals surface area contributed by atoms with Crippen LogP contribution in [0.2, 0.25) is 0 Å². The molecule has 4 heteroatoms. The SMILES string of the molecule is CN=C(NCCc1cccnc1)NC(C)(C)C. The molecule has 2 N–H and O–H groups in total. The minimum Gasteiger partial charge on any atom is -0.356 e. The molecule has 1 heterocycles. The lowest BCUT2D eigenvalue weighted by Gasteiger charge is -2.23. The van der Waals surface area contributed by atoms with Gasteiger partial charge in [-0.1, -0.05) is 6.07 Å². The fourth-order valence-electron chi connectivity index (χ4n) is 1.41. The zero-order chi connectivity index (χ0) is 12.7. The summed E-state index contributed by atoms with van der Waals surface area (Å²) < 4.78 is 0. The lowest BCUT2D eigenvalue weighted by Crippen LogP contribution is -2.48. The van der Waals surface area contributed by atoms with Crippen LogP contribution in [0.3, 0.4) is 0 Å². The van der Waals surface area contributed by atoms with Gasteiger partial charge >= 0.3 is 0 Å². The first-order valence-corrected chi connectivity index (χ1v) is 5.89. The number of aliphatic imine (C=N–C) groups is 1. The van der Waals surface area contributed by atoms with Crippen molar-refractivity contribution in [3.05, 3.63) is 30.1 Å². The molecule has 94 valence electrons. The van der Waals surface area contributed by atoms with Crippen molar-refractivity contribution in [3.8, 4) is 0 Å². The largest absolute Gasteiger partial charge is 0.356 e. The van der Waals surface area contributed by atoms with Gasteiger partial charge < -0.3 is 10.6 Å². The Morgan fingerprint density at radius 3 is 2.71 bits per heavy atom. The number of guanidine groups is 1. The predicted octanol–water partition coefficient (Wildman–Crippen LogP) is 1.59. The Morgan fingerprint density at radius 2 is 2.18 bits per heavy atom. The number of nitrogens with one attached hydrogen (secondary N) is 2. The minimum absolute atomic E-state index is 0.0240. The molecular formula is C13H22N4. The van der Waals surface area contributed by atoms with Crippen LogP contribution < -0.4 is 10.6 Å². The number of rotatable bonds is 3. The summed E-state index contributed by atoms with van der Waals surface area (Å²) in [5, 5.41) is 6.60. The highest BCUT2D eigenvalue weighted by Gasteiger charge is 2.11. The summed E-state index contributed by atoms with van der Waals surface area (Å²) in [5.74, 6) is 0.835. The van der Waals surface area contributed by atoms with E-state index in [-0.39, 0.29) is 5.54 Å². The summed E-state index contributed by atoms with van der Waals surface area (Å²) in [6, 6.07) is 4.03. The fraction of sp³-hybridized carbons (Fsp3) is 0.538. The molecule has 0 fully saturated rings. The Balaban J connectivity index is 2.35. The molecule has 0 unspecified atom stereocenters. The van der Waals surface area contributed by atoms with E-state index in [9.17, 15) is 0 Å². The molecule has 0 aliphatic rings. The van der Waals surface area contributed by atoms with E-state index in [1.54, 1.807) is 13.2 Å². The van der Waals surface area contributed by atoms with Crippen LogP contribution in [0.15, 0.2) is 29.5 Å². The van der Waals surface area contributed by atoms with Gasteiger partial charge in [-0.25, -0.2) is 0 Å². The topological polar surface area (TPSA) is 49.3 Å². The molecule has 0 radical (unpaired) electrons. The van der Waals surface area contributed by atoms with Gasteiger partial charge in [0.05, 0.1) is 0 Å². The van der Waals surface area contributed by atoms with Crippen molar-refractivity contribution in [2.75, 3.05) is 13.6 Å². The Kier molecular flexibility index (Phi) is 4.94. The summed E-state index contributed by atoms with van der Waals surface area (Å²) in [6.07, 6.45) is 4.62. The highest BCUT2D eigenvalue weighted by atomic mass is 15.2. The van der Waals surface area contributed by atoms with Crippen molar-refractivity contribution in [2.24, 2.45) is 4.99 Å². The van der Waals surface area contributed by atoms with Crippen LogP contribution in [-0.2, 0) is 6.42 Å². The maximum atomic E-state index is 4.18. The van der Waals surface area contributed by atoms with E-state index in [2.05, 4.69) is 47.4 Å². The molecule has 0 aliphatic carbocycles. The average Bonchev–Trinajstić information content (AvgIpc) is 2.27. The second-order valence-corrected chi connectivity index (χ2v) is 4.99. The van der Waals surface area contributed by atoms with Crippen molar-refractivity contribution in [1.29, 1.82) is 0 Å². The summed E-state index contributed by atoms with van der Waals surface area (Å²) in [7, 11) is 1.78. The smallest absolute Gasteiger partial charge is 0.191 e. The van der Waals surface area contributed by atoms with Crippen molar-refractivity contribution < 1.29 is 0 Å². The number of nitrogens with zero attached hydrogens (tertiary/aromatic N) is 2. The molecule has 0 spiro atoms. The van der Waals surface area contributed by atoms with Crippen molar-refractivity contribution >= 4 is 5.96 Å². The van der Waals surface area contributed by atoms with E-state index in [1.165, 1.54) is 5.56 Å². The molecular weight excluding hydrogens is 212 g/mol. The Hall–Kier alpha value is -1.58. The van der Waals surface area contributed by atoms with E-state index in [0.717, 1.165) is 18.9 Å². The van der Waals surface area contributed by atoms with Crippen LogP contribution in [0.4, 0.5) is 0 Å². The van der Waals surface area contributed by atoms with E-state index in [1.807, 2.05) is 12.3 Å². The first-order chi connectivity index (χ1) is 8.01. The third-order valence-corrected chi connectivity index (χ3v) is 2.15. The second-order valence-electron chi connectivity index (χ2n) is 4.99. The number of hydrogen-bond acceptors (Lipinski definition) is 2. The quantitative estimate of drug-likeness (QED) is 0.617. The monoisotopic (exact) mass is 234 g/mol. The maximum Gasteiger partial charge on any atom is 0.191 e. The van der Waals surface area contributed by atoms with Crippen molar-refractivity contribution in [3.63, 3.8) is 0 Å². The Bertz CT molecular complexity index is 351. The average molecular weight is 234 g/mol. The van der Waals surface area contributed by atoms with Crippen LogP contribution in [0.1, 0.15) is 26.3 Å². The van der Waals surface area contributed by atoms with Crippen LogP contribution in [-0.4, -0.2) is 30.1 Å². The van der Waals surface area contributed by atoms with Gasteiger partial charge in [-0.2, -0.15) is 0 Å². The molecule has 0 bridgehead atoms. The molecule has 0 aliphatic heterocycles. The molecule has 1 rings (SSSR count). The number of pyridine rings is 1. The zero-order valence-electron chi connectivity index (χ0n) is 11.1. The Morgan fingerprint density at radius 1 is 1.41 bits per heavy atom. The third kappa shape index (κ3) is 5.90. The standard InChI is InChI=1S/C13H22N4/c1-13(2,3)17-12(14-4)16-9-7-11-6-5-8-15-10-11/h5-6,8,10H,7,9H2,1-4H3,(H2,14,16,17). The molecule has 1 aromatic rings. The predicted molar refractivity (Wildman–Crippen MR) is 72.2 cm³/mol. The normalized spacial score (nSPS) is 12.4. The third-order valence-electron chi connectivity index (χ3n) is 2.15. The van der Waals surface area contributed by atoms with Gasteiger partial charge in [0.2, 0.25) is 0 Å². The first-order valence-electron chi connectivity index (χ1n) is 5.89. The summed E-state index contributed by atoms with van der Waals surface area (Å²) >= 11 is 0. The molecule has 0 aromatic carbocycles. The molecule has 0 atom stereocenters. The number of aromatic nitrogens is 1. The lowest BCUT2D eigenvalue weighted by molar-refractivity contribution is 0.501. The van der Waals surface area contributed by atoms with Gasteiger partial charge in [-0.15, -0.1) is 0 Å². The van der Waals surface area contributed by atoms with E-state index >= 15 is 0 Å². The van der Waals surface area contributed by atoms with Crippen LogP contribution in [0, 0.1) is 0 Å². The van der Waals surface area contributed by atoms with E-state index < -0.39 is 0 Å². The van der Waals surface area contributed by atoms with Crippen molar-refractivity contribution in [2.45, 2.75) is 32.7 Å². The van der Waals surface area contributed by atoms with Gasteiger partial charge in [-0.3, -0.25) is 9.98 Å². The van der Waals surface area contributed by atoms with Crippen LogP contribution in [0.5, 0.6) is 0 Å². The van der Waals surface area contributed by atoms with Gasteiger partial charge in [0.15, 0.2) is 5.96 Å². The van der Waals surface area contributed by atoms with E-state index in [4.69, 9.17) is 0 Å². The summed E-state index contributed by atoms with van der Waals surface area (Å²) in [5.41, 5.74) is 1.25. The fourth-order valence-corrected chi connectivity index (χ4v) is 1.41. The maximum absolute atomic E-state index is 4.18. The highest BCUT2D eigenvalue weighted by molar-refractivity contribution is 5.80. The first kappa shape index (κ1) is 13.5. The Labute approximate surface area is 104 Å². The lowest BCUT2D eigenvalue weighted by atomic mass is 10.1. The highest BCUT2D eigenvalue weighted by Crippen LogP contribution is 1.98. The molecule has 0 amide bonds. The van der Waals surface area contributed by atoms with Gasteiger partial charge in [-0.05, 0) is 38.8 Å². The van der Waals surface area contributed by atoms with Gasteiger partial charge in [0.25, 0.3) is 0 Å². The number of hydrogen-bond donors (Lipinski definition) is 2. The van der Waals surface area contributed by atoms with Gasteiger partial charge in [0.1, 0.15) is 0 Å². The van der Waals surface area contributed by atoms with Crippen LogP contribution >= 0.6 is 0 Å². The molecule has 0 saturated heterocycles. The second kappa shape index (κ2) is 6.23. The summed E-state index contributed by atoms with van der Waals surface area (Å²) in [6.45, 7) is 7.18. The van der Waals surface area contributed by atoms with Crippen molar-refractivity contribution in [1.82, 2.24) is 15.6 Å². The molecule has 4 nitrogen and oxygen atoms in total. The van der Waals surface area contributed by atoms with Crippen LogP contribution in [0.25, 0.3) is 0 Å². The molecule has 17 heavy (non-hydrogen) atoms. The summed E-state index contributed by atoms with van der Waals surface area (Å²) in [4.78, 5) is 8.27. The van der Waals surface area contributed by atoms with Gasteiger partial charge in [0, 0.05) is 31.5 Å². The molecule has 1 aromatic heterocycles. The minimum atomic E-state index is 0.0240. The van der Waals surface area contributed by atoms with E-state index in [0.29, 0.717) is 0 Å². The zero-order valence-corrected chi connectivity index (χ0v) is 11.1.